The topological polar surface area (TPSA) is 78.4 Å². The minimum absolute atomic E-state index is 0.0668. The van der Waals surface area contributed by atoms with Gasteiger partial charge in [0.05, 0.1) is 24.7 Å². The number of amides is 2. The lowest BCUT2D eigenvalue weighted by Crippen LogP contribution is -2.41. The maximum atomic E-state index is 13.3. The smallest absolute Gasteiger partial charge is 0.227 e. The Labute approximate surface area is 190 Å². The van der Waals surface area contributed by atoms with Gasteiger partial charge in [0.15, 0.2) is 5.82 Å². The second kappa shape index (κ2) is 9.27. The molecule has 0 aliphatic carbocycles. The standard InChI is InChI=1S/C25H33N5O2/c1-16-8-9-19(13-17(16)2)14-23(32)30-11-6-5-7-22(30)25-27-21-10-12-29(18(3)31)15-20(21)24(26-4)28-25/h8-9,13,22H,5-7,10-12,14-15H2,1-4H3,(H,26,27,28)/t22-/m1/s1. The lowest BCUT2D eigenvalue weighted by Gasteiger charge is -2.36. The van der Waals surface area contributed by atoms with E-state index in [2.05, 4.69) is 37.4 Å². The molecule has 1 atom stereocenters. The summed E-state index contributed by atoms with van der Waals surface area (Å²) in [5.74, 6) is 1.69. The average molecular weight is 436 g/mol. The van der Waals surface area contributed by atoms with E-state index in [-0.39, 0.29) is 17.9 Å². The van der Waals surface area contributed by atoms with Crippen LogP contribution in [0.15, 0.2) is 18.2 Å². The van der Waals surface area contributed by atoms with Crippen molar-refractivity contribution in [3.8, 4) is 0 Å². The molecule has 0 unspecified atom stereocenters. The molecule has 170 valence electrons. The fourth-order valence-corrected chi connectivity index (χ4v) is 4.75. The molecule has 2 aromatic rings. The number of carbonyl (C=O) groups is 2. The highest BCUT2D eigenvalue weighted by molar-refractivity contribution is 5.79. The van der Waals surface area contributed by atoms with Gasteiger partial charge in [-0.05, 0) is 49.8 Å². The minimum atomic E-state index is -0.106. The van der Waals surface area contributed by atoms with Gasteiger partial charge >= 0.3 is 0 Å². The molecule has 0 spiro atoms. The molecule has 1 saturated heterocycles. The highest BCUT2D eigenvalue weighted by atomic mass is 16.2. The van der Waals surface area contributed by atoms with Crippen molar-refractivity contribution < 1.29 is 9.59 Å². The Balaban J connectivity index is 1.60. The number of aromatic nitrogens is 2. The normalized spacial score (nSPS) is 18.3. The first-order valence-electron chi connectivity index (χ1n) is 11.6. The summed E-state index contributed by atoms with van der Waals surface area (Å²) in [6, 6.07) is 6.14. The molecule has 1 aromatic heterocycles. The third-order valence-corrected chi connectivity index (χ3v) is 6.81. The second-order valence-electron chi connectivity index (χ2n) is 8.99. The fourth-order valence-electron chi connectivity index (χ4n) is 4.75. The molecule has 1 fully saturated rings. The van der Waals surface area contributed by atoms with Gasteiger partial charge in [-0.2, -0.15) is 0 Å². The van der Waals surface area contributed by atoms with E-state index in [1.165, 1.54) is 11.1 Å². The summed E-state index contributed by atoms with van der Waals surface area (Å²) >= 11 is 0. The van der Waals surface area contributed by atoms with Crippen LogP contribution < -0.4 is 5.32 Å². The van der Waals surface area contributed by atoms with Gasteiger partial charge in [-0.1, -0.05) is 18.2 Å². The van der Waals surface area contributed by atoms with E-state index < -0.39 is 0 Å². The van der Waals surface area contributed by atoms with E-state index in [0.29, 0.717) is 25.9 Å². The molecule has 2 amide bonds. The van der Waals surface area contributed by atoms with Gasteiger partial charge in [-0.15, -0.1) is 0 Å². The SMILES string of the molecule is CNc1nc([C@H]2CCCCN2C(=O)Cc2ccc(C)c(C)c2)nc2c1CN(C(C)=O)CC2. The number of carbonyl (C=O) groups excluding carboxylic acids is 2. The average Bonchev–Trinajstić information content (AvgIpc) is 2.80. The Morgan fingerprint density at radius 3 is 2.66 bits per heavy atom. The van der Waals surface area contributed by atoms with Crippen LogP contribution in [0.5, 0.6) is 0 Å². The first-order chi connectivity index (χ1) is 15.4. The van der Waals surface area contributed by atoms with E-state index in [0.717, 1.165) is 54.3 Å². The van der Waals surface area contributed by atoms with Gasteiger partial charge in [0, 0.05) is 39.0 Å². The summed E-state index contributed by atoms with van der Waals surface area (Å²) in [4.78, 5) is 38.7. The van der Waals surface area contributed by atoms with Crippen LogP contribution in [0.2, 0.25) is 0 Å². The van der Waals surface area contributed by atoms with Crippen molar-refractivity contribution in [2.45, 2.75) is 65.5 Å². The first-order valence-corrected chi connectivity index (χ1v) is 11.6. The molecule has 7 nitrogen and oxygen atoms in total. The number of hydrogen-bond acceptors (Lipinski definition) is 5. The Bertz CT molecular complexity index is 1020. The number of likely N-dealkylation sites (tertiary alicyclic amines) is 1. The zero-order valence-electron chi connectivity index (χ0n) is 19.6. The zero-order valence-corrected chi connectivity index (χ0v) is 19.6. The van der Waals surface area contributed by atoms with Crippen LogP contribution in [0.1, 0.15) is 66.0 Å². The fraction of sp³-hybridized carbons (Fsp3) is 0.520. The maximum Gasteiger partial charge on any atom is 0.227 e. The number of benzene rings is 1. The van der Waals surface area contributed by atoms with Crippen LogP contribution in [0.25, 0.3) is 0 Å². The van der Waals surface area contributed by atoms with Crippen LogP contribution in [-0.2, 0) is 29.0 Å². The molecule has 2 aliphatic heterocycles. The van der Waals surface area contributed by atoms with Crippen LogP contribution in [0.4, 0.5) is 5.82 Å². The predicted octanol–water partition coefficient (Wildman–Crippen LogP) is 3.34. The molecular formula is C25H33N5O2. The van der Waals surface area contributed by atoms with Crippen molar-refractivity contribution in [3.63, 3.8) is 0 Å². The number of anilines is 1. The minimum Gasteiger partial charge on any atom is -0.373 e. The summed E-state index contributed by atoms with van der Waals surface area (Å²) in [6.45, 7) is 7.70. The van der Waals surface area contributed by atoms with E-state index >= 15 is 0 Å². The first kappa shape index (κ1) is 22.2. The summed E-state index contributed by atoms with van der Waals surface area (Å²) in [5.41, 5.74) is 5.48. The molecule has 4 rings (SSSR count). The number of fused-ring (bicyclic) bond motifs is 1. The molecule has 0 radical (unpaired) electrons. The van der Waals surface area contributed by atoms with Gasteiger partial charge in [0.25, 0.3) is 0 Å². The van der Waals surface area contributed by atoms with Crippen molar-refractivity contribution in [3.05, 3.63) is 52.0 Å². The Kier molecular flexibility index (Phi) is 6.44. The van der Waals surface area contributed by atoms with Crippen LogP contribution in [0.3, 0.4) is 0 Å². The number of nitrogens with one attached hydrogen (secondary N) is 1. The quantitative estimate of drug-likeness (QED) is 0.797. The van der Waals surface area contributed by atoms with E-state index in [9.17, 15) is 9.59 Å². The van der Waals surface area contributed by atoms with Crippen molar-refractivity contribution in [1.82, 2.24) is 19.8 Å². The number of rotatable bonds is 4. The maximum absolute atomic E-state index is 13.3. The molecule has 3 heterocycles. The molecule has 2 aliphatic rings. The number of aryl methyl sites for hydroxylation is 2. The monoisotopic (exact) mass is 435 g/mol. The third-order valence-electron chi connectivity index (χ3n) is 6.81. The predicted molar refractivity (Wildman–Crippen MR) is 124 cm³/mol. The highest BCUT2D eigenvalue weighted by Crippen LogP contribution is 2.33. The molecule has 32 heavy (non-hydrogen) atoms. The Morgan fingerprint density at radius 1 is 1.12 bits per heavy atom. The second-order valence-corrected chi connectivity index (χ2v) is 8.99. The van der Waals surface area contributed by atoms with Crippen molar-refractivity contribution >= 4 is 17.6 Å². The van der Waals surface area contributed by atoms with E-state index in [1.807, 2.05) is 16.8 Å². The van der Waals surface area contributed by atoms with Crippen LogP contribution in [-0.4, -0.2) is 51.7 Å². The molecule has 7 heteroatoms. The summed E-state index contributed by atoms with van der Waals surface area (Å²) < 4.78 is 0. The van der Waals surface area contributed by atoms with E-state index in [4.69, 9.17) is 9.97 Å². The molecule has 1 N–H and O–H groups in total. The van der Waals surface area contributed by atoms with Gasteiger partial charge in [0.2, 0.25) is 11.8 Å². The molecule has 1 aromatic carbocycles. The largest absolute Gasteiger partial charge is 0.373 e. The molecule has 0 bridgehead atoms. The lowest BCUT2D eigenvalue weighted by atomic mass is 9.98. The van der Waals surface area contributed by atoms with Crippen LogP contribution in [0, 0.1) is 13.8 Å². The number of nitrogens with zero attached hydrogens (tertiary/aromatic N) is 4. The number of piperidine rings is 1. The third kappa shape index (κ3) is 4.47. The van der Waals surface area contributed by atoms with Crippen molar-refractivity contribution in [2.75, 3.05) is 25.5 Å². The molecular weight excluding hydrogens is 402 g/mol. The van der Waals surface area contributed by atoms with Gasteiger partial charge in [0.1, 0.15) is 5.82 Å². The summed E-state index contributed by atoms with van der Waals surface area (Å²) in [7, 11) is 1.85. The van der Waals surface area contributed by atoms with Crippen LogP contribution >= 0.6 is 0 Å². The molecule has 0 saturated carbocycles. The Morgan fingerprint density at radius 2 is 1.94 bits per heavy atom. The van der Waals surface area contributed by atoms with Gasteiger partial charge < -0.3 is 15.1 Å². The lowest BCUT2D eigenvalue weighted by molar-refractivity contribution is -0.134. The van der Waals surface area contributed by atoms with Gasteiger partial charge in [-0.3, -0.25) is 9.59 Å². The zero-order chi connectivity index (χ0) is 22.8. The summed E-state index contributed by atoms with van der Waals surface area (Å²) in [5, 5.41) is 3.20. The van der Waals surface area contributed by atoms with E-state index in [1.54, 1.807) is 6.92 Å². The Hall–Kier alpha value is -2.96. The van der Waals surface area contributed by atoms with Crippen molar-refractivity contribution in [1.29, 1.82) is 0 Å². The van der Waals surface area contributed by atoms with Gasteiger partial charge in [-0.25, -0.2) is 9.97 Å². The number of hydrogen-bond donors (Lipinski definition) is 1. The summed E-state index contributed by atoms with van der Waals surface area (Å²) in [6.07, 6.45) is 4.05. The highest BCUT2D eigenvalue weighted by Gasteiger charge is 2.32. The van der Waals surface area contributed by atoms with Crippen molar-refractivity contribution in [2.24, 2.45) is 0 Å².